The van der Waals surface area contributed by atoms with Gasteiger partial charge in [-0.25, -0.2) is 4.98 Å². The maximum Gasteiger partial charge on any atom is 0.201 e. The first-order chi connectivity index (χ1) is 8.20. The van der Waals surface area contributed by atoms with Gasteiger partial charge in [-0.1, -0.05) is 12.1 Å². The van der Waals surface area contributed by atoms with Gasteiger partial charge in [-0.2, -0.15) is 0 Å². The van der Waals surface area contributed by atoms with Crippen molar-refractivity contribution in [3.8, 4) is 0 Å². The number of aromatic nitrogens is 2. The number of anilines is 1. The Morgan fingerprint density at radius 3 is 2.88 bits per heavy atom. The van der Waals surface area contributed by atoms with Gasteiger partial charge in [0.1, 0.15) is 0 Å². The Labute approximate surface area is 100 Å². The minimum Gasteiger partial charge on any atom is -0.381 e. The van der Waals surface area contributed by atoms with Crippen LogP contribution in [0.2, 0.25) is 0 Å². The van der Waals surface area contributed by atoms with Gasteiger partial charge in [-0.15, -0.1) is 0 Å². The van der Waals surface area contributed by atoms with Crippen LogP contribution < -0.4 is 5.73 Å². The van der Waals surface area contributed by atoms with Gasteiger partial charge < -0.3 is 15.0 Å². The third kappa shape index (κ3) is 1.52. The molecule has 1 aliphatic carbocycles. The molecule has 0 bridgehead atoms. The second-order valence-corrected chi connectivity index (χ2v) is 4.77. The molecule has 1 aromatic carbocycles. The zero-order valence-corrected chi connectivity index (χ0v) is 10.2. The zero-order valence-electron chi connectivity index (χ0n) is 10.2. The largest absolute Gasteiger partial charge is 0.381 e. The van der Waals surface area contributed by atoms with Crippen molar-refractivity contribution in [1.29, 1.82) is 0 Å². The summed E-state index contributed by atoms with van der Waals surface area (Å²) in [5.41, 5.74) is 9.42. The first-order valence-electron chi connectivity index (χ1n) is 5.96. The predicted octanol–water partition coefficient (Wildman–Crippen LogP) is 2.28. The Hall–Kier alpha value is -1.55. The lowest BCUT2D eigenvalue weighted by Crippen LogP contribution is -2.33. The first kappa shape index (κ1) is 10.6. The van der Waals surface area contributed by atoms with Crippen molar-refractivity contribution in [2.45, 2.75) is 31.9 Å². The summed E-state index contributed by atoms with van der Waals surface area (Å²) in [4.78, 5) is 4.43. The molecule has 0 atom stereocenters. The number of hydrogen-bond acceptors (Lipinski definition) is 3. The smallest absolute Gasteiger partial charge is 0.201 e. The summed E-state index contributed by atoms with van der Waals surface area (Å²) in [6.45, 7) is 2.10. The molecule has 2 aromatic rings. The van der Waals surface area contributed by atoms with Gasteiger partial charge >= 0.3 is 0 Å². The fourth-order valence-corrected chi connectivity index (χ4v) is 2.65. The molecule has 3 rings (SSSR count). The Balaban J connectivity index is 2.07. The van der Waals surface area contributed by atoms with Crippen molar-refractivity contribution in [2.24, 2.45) is 0 Å². The number of aryl methyl sites for hydroxylation is 1. The van der Waals surface area contributed by atoms with Gasteiger partial charge in [0.25, 0.3) is 0 Å². The Morgan fingerprint density at radius 1 is 1.41 bits per heavy atom. The summed E-state index contributed by atoms with van der Waals surface area (Å²) in [7, 11) is 1.77. The van der Waals surface area contributed by atoms with E-state index in [1.807, 2.05) is 12.1 Å². The van der Waals surface area contributed by atoms with Crippen LogP contribution in [0.25, 0.3) is 11.0 Å². The van der Waals surface area contributed by atoms with Crippen LogP contribution >= 0.6 is 0 Å². The molecule has 1 aliphatic rings. The molecule has 0 spiro atoms. The van der Waals surface area contributed by atoms with Crippen LogP contribution in [-0.2, 0) is 4.74 Å². The van der Waals surface area contributed by atoms with Crippen molar-refractivity contribution in [3.05, 3.63) is 23.8 Å². The molecule has 0 saturated heterocycles. The third-order valence-corrected chi connectivity index (χ3v) is 3.71. The molecule has 0 radical (unpaired) electrons. The highest BCUT2D eigenvalue weighted by atomic mass is 16.5. The molecule has 0 aliphatic heterocycles. The average molecular weight is 231 g/mol. The second-order valence-electron chi connectivity index (χ2n) is 4.77. The predicted molar refractivity (Wildman–Crippen MR) is 68.0 cm³/mol. The maximum absolute atomic E-state index is 6.03. The van der Waals surface area contributed by atoms with E-state index in [1.54, 1.807) is 7.11 Å². The van der Waals surface area contributed by atoms with Gasteiger partial charge in [0, 0.05) is 13.2 Å². The van der Waals surface area contributed by atoms with Crippen molar-refractivity contribution in [2.75, 3.05) is 12.8 Å². The average Bonchev–Trinajstić information content (AvgIpc) is 2.56. The second kappa shape index (κ2) is 3.74. The number of nitrogens with zero attached hydrogens (tertiary/aromatic N) is 2. The molecular weight excluding hydrogens is 214 g/mol. The number of rotatable bonds is 2. The molecule has 2 N–H and O–H groups in total. The molecule has 4 nitrogen and oxygen atoms in total. The van der Waals surface area contributed by atoms with E-state index in [4.69, 9.17) is 10.5 Å². The van der Waals surface area contributed by atoms with E-state index in [2.05, 4.69) is 22.5 Å². The normalized spacial score (nSPS) is 23.9. The van der Waals surface area contributed by atoms with Gasteiger partial charge in [0.2, 0.25) is 5.95 Å². The van der Waals surface area contributed by atoms with Gasteiger partial charge in [0.15, 0.2) is 0 Å². The standard InChI is InChI=1S/C13H17N3O/c1-8-4-3-5-11-12(8)16(13(14)15-11)9-6-10(7-9)17-2/h3-5,9-10H,6-7H2,1-2H3,(H2,14,15). The van der Waals surface area contributed by atoms with E-state index in [0.717, 1.165) is 18.4 Å². The highest BCUT2D eigenvalue weighted by Crippen LogP contribution is 2.38. The lowest BCUT2D eigenvalue weighted by molar-refractivity contribution is 0.00796. The van der Waals surface area contributed by atoms with E-state index in [-0.39, 0.29) is 0 Å². The number of imidazole rings is 1. The number of hydrogen-bond donors (Lipinski definition) is 1. The molecule has 90 valence electrons. The SMILES string of the molecule is COC1CC(n2c(N)nc3cccc(C)c32)C1. The molecule has 0 unspecified atom stereocenters. The number of nitrogen functional groups attached to an aromatic ring is 1. The van der Waals surface area contributed by atoms with E-state index in [0.29, 0.717) is 18.1 Å². The Bertz CT molecular complexity index is 555. The fraction of sp³-hybridized carbons (Fsp3) is 0.462. The van der Waals surface area contributed by atoms with Crippen LogP contribution in [0.1, 0.15) is 24.4 Å². The lowest BCUT2D eigenvalue weighted by Gasteiger charge is -2.36. The number of fused-ring (bicyclic) bond motifs is 1. The monoisotopic (exact) mass is 231 g/mol. The lowest BCUT2D eigenvalue weighted by atomic mass is 9.88. The summed E-state index contributed by atoms with van der Waals surface area (Å²) < 4.78 is 7.49. The highest BCUT2D eigenvalue weighted by Gasteiger charge is 2.32. The van der Waals surface area contributed by atoms with E-state index < -0.39 is 0 Å². The van der Waals surface area contributed by atoms with E-state index in [1.165, 1.54) is 11.1 Å². The summed E-state index contributed by atoms with van der Waals surface area (Å²) in [5.74, 6) is 0.619. The van der Waals surface area contributed by atoms with Crippen molar-refractivity contribution in [3.63, 3.8) is 0 Å². The van der Waals surface area contributed by atoms with Crippen molar-refractivity contribution < 1.29 is 4.74 Å². The summed E-state index contributed by atoms with van der Waals surface area (Å²) >= 11 is 0. The highest BCUT2D eigenvalue weighted by molar-refractivity contribution is 5.81. The van der Waals surface area contributed by atoms with E-state index >= 15 is 0 Å². The number of benzene rings is 1. The summed E-state index contributed by atoms with van der Waals surface area (Å²) in [5, 5.41) is 0. The molecule has 1 heterocycles. The van der Waals surface area contributed by atoms with Crippen LogP contribution in [0, 0.1) is 6.92 Å². The zero-order chi connectivity index (χ0) is 12.0. The molecule has 1 fully saturated rings. The van der Waals surface area contributed by atoms with Gasteiger partial charge in [-0.05, 0) is 31.4 Å². The number of nitrogens with two attached hydrogens (primary N) is 1. The number of ether oxygens (including phenoxy) is 1. The van der Waals surface area contributed by atoms with Crippen LogP contribution in [0.3, 0.4) is 0 Å². The molecule has 0 amide bonds. The van der Waals surface area contributed by atoms with Crippen LogP contribution in [0.4, 0.5) is 5.95 Å². The molecular formula is C13H17N3O. The molecule has 1 aromatic heterocycles. The van der Waals surface area contributed by atoms with Gasteiger partial charge in [-0.3, -0.25) is 0 Å². The summed E-state index contributed by atoms with van der Waals surface area (Å²) in [6, 6.07) is 6.58. The topological polar surface area (TPSA) is 53.1 Å². The van der Waals surface area contributed by atoms with Gasteiger partial charge in [0.05, 0.1) is 17.1 Å². The molecule has 4 heteroatoms. The van der Waals surface area contributed by atoms with Crippen molar-refractivity contribution in [1.82, 2.24) is 9.55 Å². The third-order valence-electron chi connectivity index (χ3n) is 3.71. The minimum atomic E-state index is 0.376. The minimum absolute atomic E-state index is 0.376. The number of methoxy groups -OCH3 is 1. The van der Waals surface area contributed by atoms with Crippen LogP contribution in [0.15, 0.2) is 18.2 Å². The molecule has 17 heavy (non-hydrogen) atoms. The van der Waals surface area contributed by atoms with Crippen LogP contribution in [0.5, 0.6) is 0 Å². The fourth-order valence-electron chi connectivity index (χ4n) is 2.65. The maximum atomic E-state index is 6.03. The number of para-hydroxylation sites is 1. The molecule has 1 saturated carbocycles. The Kier molecular flexibility index (Phi) is 2.33. The Morgan fingerprint density at radius 2 is 2.18 bits per heavy atom. The van der Waals surface area contributed by atoms with Crippen molar-refractivity contribution >= 4 is 17.0 Å². The first-order valence-corrected chi connectivity index (χ1v) is 5.96. The van der Waals surface area contributed by atoms with E-state index in [9.17, 15) is 0 Å². The summed E-state index contributed by atoms with van der Waals surface area (Å²) in [6.07, 6.45) is 2.43. The van der Waals surface area contributed by atoms with Crippen LogP contribution in [-0.4, -0.2) is 22.8 Å². The quantitative estimate of drug-likeness (QED) is 0.862.